The number of unbranched alkanes of at least 4 members (excludes halogenated alkanes) is 29. The van der Waals surface area contributed by atoms with Crippen molar-refractivity contribution >= 4 is 19.7 Å². The number of hydrogen-bond donors (Lipinski definition) is 2. The first-order valence-electron chi connectivity index (χ1n) is 30.8. The van der Waals surface area contributed by atoms with Crippen LogP contribution in [0.15, 0.2) is 72.9 Å². The molecule has 0 aromatic carbocycles. The van der Waals surface area contributed by atoms with Crippen molar-refractivity contribution in [1.29, 1.82) is 0 Å². The number of amides is 1. The average molecular weight is 1060 g/mol. The summed E-state index contributed by atoms with van der Waals surface area (Å²) in [7, 11) is 1.48. The van der Waals surface area contributed by atoms with E-state index in [2.05, 4.69) is 86.8 Å². The van der Waals surface area contributed by atoms with Crippen LogP contribution in [-0.4, -0.2) is 74.3 Å². The number of hydrogen-bond acceptors (Lipinski definition) is 6. The van der Waals surface area contributed by atoms with Gasteiger partial charge in [0.2, 0.25) is 5.91 Å². The zero-order valence-electron chi connectivity index (χ0n) is 49.1. The number of allylic oxidation sites excluding steroid dienone is 11. The molecule has 0 aliphatic heterocycles. The largest absolute Gasteiger partial charge is 0.472 e. The van der Waals surface area contributed by atoms with Crippen molar-refractivity contribution < 1.29 is 37.3 Å². The van der Waals surface area contributed by atoms with Gasteiger partial charge in [0.05, 0.1) is 33.8 Å². The molecule has 9 nitrogen and oxygen atoms in total. The Bertz CT molecular complexity index is 1500. The predicted molar refractivity (Wildman–Crippen MR) is 318 cm³/mol. The summed E-state index contributed by atoms with van der Waals surface area (Å²) in [4.78, 5) is 37.7. The van der Waals surface area contributed by atoms with Crippen molar-refractivity contribution in [1.82, 2.24) is 5.32 Å². The summed E-state index contributed by atoms with van der Waals surface area (Å²) < 4.78 is 30.7. The molecule has 0 rings (SSSR count). The van der Waals surface area contributed by atoms with Gasteiger partial charge in [0.15, 0.2) is 0 Å². The number of nitrogens with zero attached hydrogens (tertiary/aromatic N) is 1. The van der Waals surface area contributed by atoms with Crippen molar-refractivity contribution in [2.24, 2.45) is 0 Å². The standard InChI is InChI=1S/C64H117N2O7P/c1-7-10-13-16-19-22-25-28-30-31-32-33-34-35-36-39-42-45-48-51-54-57-64(68)73-62(55-52-49-46-43-40-37-27-24-21-18-15-12-9-3)61(60-72-74(69,70)71-59-58-66(4,5)6)65-63(67)56-53-50-47-44-41-38-29-26-23-20-17-14-11-8-2/h10,13,19,22,28,30,32-33,35-36,52,55,61-62H,7-9,11-12,14-18,20-21,23-27,29,31,34,37-51,53-54,56-60H2,1-6H3,(H-,65,67,69,70)/p+1/b13-10-,22-19-,30-28-,33-32-,36-35-,55-52+. The van der Waals surface area contributed by atoms with E-state index in [0.717, 1.165) is 103 Å². The van der Waals surface area contributed by atoms with Crippen molar-refractivity contribution in [3.05, 3.63) is 72.9 Å². The van der Waals surface area contributed by atoms with Gasteiger partial charge in [0.25, 0.3) is 0 Å². The number of nitrogens with one attached hydrogen (secondary N) is 1. The molecule has 3 atom stereocenters. The van der Waals surface area contributed by atoms with E-state index < -0.39 is 20.0 Å². The summed E-state index contributed by atoms with van der Waals surface area (Å²) in [6, 6.07) is -0.856. The molecule has 10 heteroatoms. The van der Waals surface area contributed by atoms with E-state index in [1.807, 2.05) is 33.3 Å². The lowest BCUT2D eigenvalue weighted by Crippen LogP contribution is -2.47. The molecule has 0 aromatic heterocycles. The first kappa shape index (κ1) is 71.5. The lowest BCUT2D eigenvalue weighted by molar-refractivity contribution is -0.870. The van der Waals surface area contributed by atoms with Gasteiger partial charge in [0, 0.05) is 12.8 Å². The number of phosphoric acid groups is 1. The predicted octanol–water partition coefficient (Wildman–Crippen LogP) is 18.8. The molecule has 74 heavy (non-hydrogen) atoms. The van der Waals surface area contributed by atoms with E-state index in [1.54, 1.807) is 0 Å². The van der Waals surface area contributed by atoms with Crippen LogP contribution in [0.2, 0.25) is 0 Å². The number of phosphoric ester groups is 1. The minimum atomic E-state index is -4.45. The molecule has 0 spiro atoms. The van der Waals surface area contributed by atoms with Gasteiger partial charge in [-0.1, -0.05) is 255 Å². The molecule has 0 aliphatic rings. The van der Waals surface area contributed by atoms with Gasteiger partial charge in [-0.2, -0.15) is 0 Å². The third-order valence-corrected chi connectivity index (χ3v) is 14.4. The molecule has 0 heterocycles. The van der Waals surface area contributed by atoms with Gasteiger partial charge in [0.1, 0.15) is 19.3 Å². The van der Waals surface area contributed by atoms with Crippen LogP contribution in [0.5, 0.6) is 0 Å². The molecule has 0 aliphatic carbocycles. The number of esters is 1. The van der Waals surface area contributed by atoms with Gasteiger partial charge in [-0.3, -0.25) is 18.6 Å². The van der Waals surface area contributed by atoms with Crippen LogP contribution in [0.3, 0.4) is 0 Å². The second kappa shape index (κ2) is 53.8. The van der Waals surface area contributed by atoms with E-state index in [1.165, 1.54) is 128 Å². The second-order valence-electron chi connectivity index (χ2n) is 21.9. The molecule has 0 bridgehead atoms. The monoisotopic (exact) mass is 1060 g/mol. The highest BCUT2D eigenvalue weighted by Gasteiger charge is 2.30. The van der Waals surface area contributed by atoms with Crippen LogP contribution in [0.4, 0.5) is 0 Å². The summed E-state index contributed by atoms with van der Waals surface area (Å²) in [5, 5.41) is 3.05. The molecule has 0 saturated heterocycles. The Hall–Kier alpha value is -2.55. The quantitative estimate of drug-likeness (QED) is 0.0205. The Labute approximate surface area is 457 Å². The van der Waals surface area contributed by atoms with Gasteiger partial charge in [-0.25, -0.2) is 4.57 Å². The summed E-state index contributed by atoms with van der Waals surface area (Å²) in [6.07, 6.45) is 68.9. The summed E-state index contributed by atoms with van der Waals surface area (Å²) >= 11 is 0. The van der Waals surface area contributed by atoms with E-state index in [0.29, 0.717) is 23.9 Å². The molecule has 2 N–H and O–H groups in total. The van der Waals surface area contributed by atoms with Gasteiger partial charge >= 0.3 is 13.8 Å². The Kier molecular flexibility index (Phi) is 52.0. The number of rotatable bonds is 55. The summed E-state index contributed by atoms with van der Waals surface area (Å²) in [5.74, 6) is -0.522. The van der Waals surface area contributed by atoms with Crippen LogP contribution in [0.25, 0.3) is 0 Å². The minimum absolute atomic E-state index is 0.0358. The number of carbonyl (C=O) groups is 2. The topological polar surface area (TPSA) is 111 Å². The number of ether oxygens (including phenoxy) is 1. The zero-order valence-corrected chi connectivity index (χ0v) is 50.0. The van der Waals surface area contributed by atoms with E-state index in [4.69, 9.17) is 13.8 Å². The van der Waals surface area contributed by atoms with E-state index in [-0.39, 0.29) is 31.5 Å². The van der Waals surface area contributed by atoms with Crippen molar-refractivity contribution in [3.63, 3.8) is 0 Å². The summed E-state index contributed by atoms with van der Waals surface area (Å²) in [5.41, 5.74) is 0. The Morgan fingerprint density at radius 1 is 0.486 bits per heavy atom. The first-order chi connectivity index (χ1) is 35.9. The highest BCUT2D eigenvalue weighted by atomic mass is 31.2. The SMILES string of the molecule is CC/C=C\C/C=C\C/C=C\C/C=C\C/C=C\CCCCCCCC(=O)OC(/C=C/CCCCCCCCCCCCC)C(COP(=O)(O)OCC[N+](C)(C)C)NC(=O)CCCCCCCCCCCCCCCC. The maximum absolute atomic E-state index is 13.5. The van der Waals surface area contributed by atoms with Crippen molar-refractivity contribution in [2.75, 3.05) is 40.9 Å². The van der Waals surface area contributed by atoms with Crippen LogP contribution >= 0.6 is 7.82 Å². The van der Waals surface area contributed by atoms with E-state index in [9.17, 15) is 19.0 Å². The molecule has 0 aromatic rings. The smallest absolute Gasteiger partial charge is 0.456 e. The normalized spacial score (nSPS) is 14.2. The summed E-state index contributed by atoms with van der Waals surface area (Å²) in [6.45, 7) is 6.90. The fraction of sp³-hybridized carbons (Fsp3) is 0.781. The van der Waals surface area contributed by atoms with Crippen LogP contribution in [-0.2, 0) is 27.9 Å². The molecule has 0 radical (unpaired) electrons. The molecule has 0 saturated carbocycles. The Morgan fingerprint density at radius 2 is 0.865 bits per heavy atom. The minimum Gasteiger partial charge on any atom is -0.456 e. The third kappa shape index (κ3) is 54.2. The van der Waals surface area contributed by atoms with Gasteiger partial charge in [-0.05, 0) is 76.7 Å². The molecule has 1 amide bonds. The number of carbonyl (C=O) groups excluding carboxylic acids is 2. The van der Waals surface area contributed by atoms with E-state index >= 15 is 0 Å². The lowest BCUT2D eigenvalue weighted by Gasteiger charge is -2.27. The number of quaternary nitrogens is 1. The molecule has 0 fully saturated rings. The Balaban J connectivity index is 5.31. The lowest BCUT2D eigenvalue weighted by atomic mass is 10.0. The molecular formula is C64H118N2O7P+. The van der Waals surface area contributed by atoms with Crippen LogP contribution < -0.4 is 5.32 Å². The fourth-order valence-electron chi connectivity index (χ4n) is 8.67. The van der Waals surface area contributed by atoms with Gasteiger partial charge < -0.3 is 19.4 Å². The van der Waals surface area contributed by atoms with Crippen LogP contribution in [0.1, 0.15) is 271 Å². The first-order valence-corrected chi connectivity index (χ1v) is 32.3. The Morgan fingerprint density at radius 3 is 1.30 bits per heavy atom. The molecular weight excluding hydrogens is 940 g/mol. The van der Waals surface area contributed by atoms with Crippen molar-refractivity contribution in [3.8, 4) is 0 Å². The maximum atomic E-state index is 13.5. The van der Waals surface area contributed by atoms with Gasteiger partial charge in [-0.15, -0.1) is 0 Å². The second-order valence-corrected chi connectivity index (χ2v) is 23.3. The molecule has 430 valence electrons. The highest BCUT2D eigenvalue weighted by Crippen LogP contribution is 2.43. The average Bonchev–Trinajstić information content (AvgIpc) is 3.36. The maximum Gasteiger partial charge on any atom is 0.472 e. The molecule has 3 unspecified atom stereocenters. The zero-order chi connectivity index (χ0) is 54.3. The third-order valence-electron chi connectivity index (χ3n) is 13.4. The fourth-order valence-corrected chi connectivity index (χ4v) is 9.41. The van der Waals surface area contributed by atoms with Crippen molar-refractivity contribution in [2.45, 2.75) is 283 Å². The highest BCUT2D eigenvalue weighted by molar-refractivity contribution is 7.47. The van der Waals surface area contributed by atoms with Crippen LogP contribution in [0, 0.1) is 0 Å². The number of likely N-dealkylation sites (N-methyl/N-ethyl adjacent to an activating group) is 1.